The quantitative estimate of drug-likeness (QED) is 0.623. The van der Waals surface area contributed by atoms with E-state index >= 15 is 0 Å². The standard InChI is InChI=1S/C10H15NO.C9H13NO.C2H6/c1-3-4-7-12-10-8-9(2)5-6-11-10;1-7(2)11-9-6-8(3)4-5-10-9;1-2/h5-6,8H,3-4,7H2,1-2H3;4-7H,1-3H3;1-2H3. The summed E-state index contributed by atoms with van der Waals surface area (Å²) in [6.45, 7) is 15.0. The number of unbranched alkanes of at least 4 members (excludes halogenated alkanes) is 1. The van der Waals surface area contributed by atoms with Crippen molar-refractivity contribution < 1.29 is 9.47 Å². The van der Waals surface area contributed by atoms with Crippen LogP contribution in [0.5, 0.6) is 11.8 Å². The second-order valence-corrected chi connectivity index (χ2v) is 5.71. The molecule has 2 aromatic heterocycles. The van der Waals surface area contributed by atoms with Crippen LogP contribution in [0.1, 0.15) is 58.6 Å². The van der Waals surface area contributed by atoms with Crippen LogP contribution in [-0.2, 0) is 0 Å². The predicted octanol–water partition coefficient (Wildman–Crippen LogP) is 5.77. The Bertz CT molecular complexity index is 571. The van der Waals surface area contributed by atoms with Gasteiger partial charge in [0, 0.05) is 24.5 Å². The largest absolute Gasteiger partial charge is 0.478 e. The van der Waals surface area contributed by atoms with Crippen LogP contribution in [0, 0.1) is 13.8 Å². The summed E-state index contributed by atoms with van der Waals surface area (Å²) in [5.74, 6) is 1.45. The molecule has 0 bridgehead atoms. The van der Waals surface area contributed by atoms with Crippen molar-refractivity contribution in [1.29, 1.82) is 0 Å². The van der Waals surface area contributed by atoms with Gasteiger partial charge in [-0.2, -0.15) is 0 Å². The number of ether oxygens (including phenoxy) is 2. The fourth-order valence-electron chi connectivity index (χ4n) is 1.72. The average Bonchev–Trinajstić information content (AvgIpc) is 2.57. The fourth-order valence-corrected chi connectivity index (χ4v) is 1.72. The molecular formula is C21H34N2O2. The van der Waals surface area contributed by atoms with E-state index in [4.69, 9.17) is 9.47 Å². The van der Waals surface area contributed by atoms with E-state index in [9.17, 15) is 0 Å². The summed E-state index contributed by atoms with van der Waals surface area (Å²) >= 11 is 0. The molecule has 0 aromatic carbocycles. The SMILES string of the molecule is CC.CCCCOc1cc(C)ccn1.Cc1ccnc(OC(C)C)c1. The van der Waals surface area contributed by atoms with Gasteiger partial charge in [0.25, 0.3) is 0 Å². The van der Waals surface area contributed by atoms with Gasteiger partial charge in [-0.05, 0) is 57.4 Å². The highest BCUT2D eigenvalue weighted by Gasteiger charge is 1.97. The van der Waals surface area contributed by atoms with Gasteiger partial charge in [0.05, 0.1) is 12.7 Å². The molecule has 2 heterocycles. The van der Waals surface area contributed by atoms with Gasteiger partial charge in [-0.1, -0.05) is 27.2 Å². The van der Waals surface area contributed by atoms with Crippen LogP contribution in [0.15, 0.2) is 36.7 Å². The summed E-state index contributed by atoms with van der Waals surface area (Å²) in [6.07, 6.45) is 5.98. The molecule has 25 heavy (non-hydrogen) atoms. The Hall–Kier alpha value is -2.10. The van der Waals surface area contributed by atoms with Crippen LogP contribution >= 0.6 is 0 Å². The molecule has 0 N–H and O–H groups in total. The molecule has 0 unspecified atom stereocenters. The number of aromatic nitrogens is 2. The van der Waals surface area contributed by atoms with Crippen molar-refractivity contribution in [2.45, 2.75) is 67.4 Å². The summed E-state index contributed by atoms with van der Waals surface area (Å²) in [5.41, 5.74) is 2.37. The van der Waals surface area contributed by atoms with Crippen molar-refractivity contribution in [2.75, 3.05) is 6.61 Å². The zero-order valence-electron chi connectivity index (χ0n) is 16.9. The molecule has 0 saturated heterocycles. The third kappa shape index (κ3) is 12.0. The fraction of sp³-hybridized carbons (Fsp3) is 0.524. The minimum absolute atomic E-state index is 0.198. The highest BCUT2D eigenvalue weighted by molar-refractivity contribution is 5.19. The summed E-state index contributed by atoms with van der Waals surface area (Å²) in [4.78, 5) is 8.15. The van der Waals surface area contributed by atoms with Gasteiger partial charge in [-0.15, -0.1) is 0 Å². The first-order valence-electron chi connectivity index (χ1n) is 9.16. The summed E-state index contributed by atoms with van der Waals surface area (Å²) in [7, 11) is 0. The van der Waals surface area contributed by atoms with Gasteiger partial charge in [0.15, 0.2) is 0 Å². The minimum atomic E-state index is 0.198. The van der Waals surface area contributed by atoms with E-state index in [2.05, 4.69) is 16.9 Å². The minimum Gasteiger partial charge on any atom is -0.478 e. The molecule has 0 saturated carbocycles. The molecule has 0 aliphatic heterocycles. The summed E-state index contributed by atoms with van der Waals surface area (Å²) < 4.78 is 10.8. The van der Waals surface area contributed by atoms with E-state index in [0.717, 1.165) is 25.3 Å². The molecule has 0 fully saturated rings. The molecule has 0 amide bonds. The first-order chi connectivity index (χ1) is 12.0. The Morgan fingerprint density at radius 1 is 0.920 bits per heavy atom. The third-order valence-corrected chi connectivity index (χ3v) is 2.88. The van der Waals surface area contributed by atoms with E-state index in [-0.39, 0.29) is 6.10 Å². The Balaban J connectivity index is 0.000000421. The van der Waals surface area contributed by atoms with Gasteiger partial charge in [-0.3, -0.25) is 0 Å². The lowest BCUT2D eigenvalue weighted by molar-refractivity contribution is 0.232. The number of hydrogen-bond donors (Lipinski definition) is 0. The molecule has 0 spiro atoms. The van der Waals surface area contributed by atoms with Crippen molar-refractivity contribution in [2.24, 2.45) is 0 Å². The van der Waals surface area contributed by atoms with Crippen molar-refractivity contribution in [1.82, 2.24) is 9.97 Å². The summed E-state index contributed by atoms with van der Waals surface area (Å²) in [5, 5.41) is 0. The van der Waals surface area contributed by atoms with Gasteiger partial charge < -0.3 is 9.47 Å². The summed E-state index contributed by atoms with van der Waals surface area (Å²) in [6, 6.07) is 7.80. The monoisotopic (exact) mass is 346 g/mol. The molecule has 0 aliphatic rings. The lowest BCUT2D eigenvalue weighted by Gasteiger charge is -2.07. The maximum atomic E-state index is 5.42. The van der Waals surface area contributed by atoms with Crippen LogP contribution in [0.2, 0.25) is 0 Å². The van der Waals surface area contributed by atoms with Gasteiger partial charge in [0.1, 0.15) is 0 Å². The first-order valence-corrected chi connectivity index (χ1v) is 9.16. The van der Waals surface area contributed by atoms with Crippen molar-refractivity contribution in [3.05, 3.63) is 47.8 Å². The number of nitrogens with zero attached hydrogens (tertiary/aromatic N) is 2. The highest BCUT2D eigenvalue weighted by Crippen LogP contribution is 2.09. The van der Waals surface area contributed by atoms with Gasteiger partial charge in [0.2, 0.25) is 11.8 Å². The Labute approximate surface area is 153 Å². The second-order valence-electron chi connectivity index (χ2n) is 5.71. The Morgan fingerprint density at radius 2 is 1.44 bits per heavy atom. The topological polar surface area (TPSA) is 44.2 Å². The van der Waals surface area contributed by atoms with E-state index in [1.165, 1.54) is 11.1 Å². The molecule has 4 nitrogen and oxygen atoms in total. The van der Waals surface area contributed by atoms with Crippen molar-refractivity contribution in [3.63, 3.8) is 0 Å². The number of rotatable bonds is 6. The first kappa shape index (κ1) is 22.9. The zero-order valence-corrected chi connectivity index (χ0v) is 16.9. The molecule has 0 radical (unpaired) electrons. The highest BCUT2D eigenvalue weighted by atomic mass is 16.5. The Kier molecular flexibility index (Phi) is 13.1. The zero-order chi connectivity index (χ0) is 19.1. The molecule has 2 rings (SSSR count). The predicted molar refractivity (Wildman–Crippen MR) is 105 cm³/mol. The number of pyridine rings is 2. The second kappa shape index (κ2) is 14.3. The van der Waals surface area contributed by atoms with Gasteiger partial charge >= 0.3 is 0 Å². The smallest absolute Gasteiger partial charge is 0.213 e. The Morgan fingerprint density at radius 3 is 1.92 bits per heavy atom. The van der Waals surface area contributed by atoms with Crippen molar-refractivity contribution >= 4 is 0 Å². The van der Waals surface area contributed by atoms with Crippen LogP contribution in [0.25, 0.3) is 0 Å². The van der Waals surface area contributed by atoms with E-state index in [1.807, 2.05) is 65.8 Å². The van der Waals surface area contributed by atoms with Crippen LogP contribution in [0.4, 0.5) is 0 Å². The third-order valence-electron chi connectivity index (χ3n) is 2.88. The number of hydrogen-bond acceptors (Lipinski definition) is 4. The van der Waals surface area contributed by atoms with Crippen LogP contribution in [-0.4, -0.2) is 22.7 Å². The van der Waals surface area contributed by atoms with E-state index in [0.29, 0.717) is 5.88 Å². The van der Waals surface area contributed by atoms with Crippen LogP contribution in [0.3, 0.4) is 0 Å². The molecule has 4 heteroatoms. The van der Waals surface area contributed by atoms with Gasteiger partial charge in [-0.25, -0.2) is 9.97 Å². The van der Waals surface area contributed by atoms with E-state index in [1.54, 1.807) is 12.4 Å². The maximum absolute atomic E-state index is 5.42. The molecule has 0 aliphatic carbocycles. The van der Waals surface area contributed by atoms with Crippen molar-refractivity contribution in [3.8, 4) is 11.8 Å². The maximum Gasteiger partial charge on any atom is 0.213 e. The van der Waals surface area contributed by atoms with E-state index < -0.39 is 0 Å². The molecule has 140 valence electrons. The lowest BCUT2D eigenvalue weighted by atomic mass is 10.3. The lowest BCUT2D eigenvalue weighted by Crippen LogP contribution is -2.06. The number of aryl methyl sites for hydroxylation is 2. The molecule has 2 aromatic rings. The molecule has 0 atom stereocenters. The normalized spacial score (nSPS) is 9.44. The average molecular weight is 347 g/mol. The molecular weight excluding hydrogens is 312 g/mol. The van der Waals surface area contributed by atoms with Crippen LogP contribution < -0.4 is 9.47 Å².